The fourth-order valence-corrected chi connectivity index (χ4v) is 8.42. The molecule has 7 rings (SSSR count). The maximum Gasteiger partial charge on any atom is 0.175 e. The lowest BCUT2D eigenvalue weighted by Crippen LogP contribution is -2.62. The third kappa shape index (κ3) is 1.17. The summed E-state index contributed by atoms with van der Waals surface area (Å²) in [5.74, 6) is 6.67. The zero-order valence-electron chi connectivity index (χ0n) is 13.2. The van der Waals surface area contributed by atoms with Crippen molar-refractivity contribution in [2.45, 2.75) is 24.8 Å². The number of ether oxygens (including phenoxy) is 2. The highest BCUT2D eigenvalue weighted by Crippen LogP contribution is 2.86. The van der Waals surface area contributed by atoms with Crippen LogP contribution in [0.5, 0.6) is 0 Å². The fraction of sp³-hybridized carbons (Fsp3) is 0.700. The van der Waals surface area contributed by atoms with Gasteiger partial charge in [0.05, 0.1) is 13.2 Å². The van der Waals surface area contributed by atoms with Crippen molar-refractivity contribution in [3.63, 3.8) is 0 Å². The van der Waals surface area contributed by atoms with E-state index in [1.807, 2.05) is 0 Å². The lowest BCUT2D eigenvalue weighted by Gasteiger charge is -2.54. The summed E-state index contributed by atoms with van der Waals surface area (Å²) < 4.78 is 12.6. The molecule has 3 heteroatoms. The number of rotatable bonds is 3. The zero-order valence-corrected chi connectivity index (χ0v) is 13.2. The van der Waals surface area contributed by atoms with Gasteiger partial charge in [0.15, 0.2) is 5.79 Å². The monoisotopic (exact) mass is 309 g/mol. The van der Waals surface area contributed by atoms with Gasteiger partial charge in [0.25, 0.3) is 0 Å². The largest absolute Gasteiger partial charge is 0.347 e. The summed E-state index contributed by atoms with van der Waals surface area (Å²) in [4.78, 5) is 0. The van der Waals surface area contributed by atoms with Gasteiger partial charge < -0.3 is 14.8 Å². The maximum absolute atomic E-state index is 6.32. The van der Waals surface area contributed by atoms with Gasteiger partial charge in [-0.3, -0.25) is 0 Å². The molecule has 0 amide bonds. The van der Waals surface area contributed by atoms with Crippen LogP contribution in [-0.4, -0.2) is 25.0 Å². The van der Waals surface area contributed by atoms with Crippen molar-refractivity contribution in [3.05, 3.63) is 35.9 Å². The summed E-state index contributed by atoms with van der Waals surface area (Å²) in [6.07, 6.45) is 1.47. The molecule has 1 spiro atoms. The Hall–Kier alpha value is -0.900. The fourth-order valence-electron chi connectivity index (χ4n) is 8.42. The molecular formula is C20H23NO2. The summed E-state index contributed by atoms with van der Waals surface area (Å²) >= 11 is 0. The van der Waals surface area contributed by atoms with Gasteiger partial charge in [0, 0.05) is 24.4 Å². The van der Waals surface area contributed by atoms with Crippen molar-refractivity contribution in [1.29, 1.82) is 0 Å². The molecule has 3 nitrogen and oxygen atoms in total. The van der Waals surface area contributed by atoms with Crippen LogP contribution in [0.3, 0.4) is 0 Å². The van der Waals surface area contributed by atoms with Gasteiger partial charge in [-0.1, -0.05) is 30.3 Å². The van der Waals surface area contributed by atoms with E-state index in [2.05, 4.69) is 35.6 Å². The Morgan fingerprint density at radius 1 is 0.913 bits per heavy atom. The Labute approximate surface area is 136 Å². The van der Waals surface area contributed by atoms with Crippen molar-refractivity contribution < 1.29 is 9.47 Å². The van der Waals surface area contributed by atoms with Gasteiger partial charge in [-0.25, -0.2) is 0 Å². The number of fused-ring (bicyclic) bond motifs is 4. The van der Waals surface area contributed by atoms with E-state index in [9.17, 15) is 0 Å². The third-order valence-corrected chi connectivity index (χ3v) is 8.50. The predicted octanol–water partition coefficient (Wildman–Crippen LogP) is 2.28. The predicted molar refractivity (Wildman–Crippen MR) is 84.2 cm³/mol. The van der Waals surface area contributed by atoms with E-state index in [-0.39, 0.29) is 5.79 Å². The Balaban J connectivity index is 1.23. The highest BCUT2D eigenvalue weighted by atomic mass is 16.7. The first-order valence-electron chi connectivity index (χ1n) is 9.45. The molecule has 9 unspecified atom stereocenters. The molecule has 1 heterocycles. The molecule has 5 aliphatic carbocycles. The Bertz CT molecular complexity index is 669. The second kappa shape index (κ2) is 3.84. The summed E-state index contributed by atoms with van der Waals surface area (Å²) in [7, 11) is 0. The van der Waals surface area contributed by atoms with E-state index in [1.54, 1.807) is 0 Å². The molecule has 1 aromatic rings. The average molecular weight is 309 g/mol. The lowest BCUT2D eigenvalue weighted by molar-refractivity contribution is -0.264. The summed E-state index contributed by atoms with van der Waals surface area (Å²) in [5, 5.41) is 3.97. The van der Waals surface area contributed by atoms with E-state index in [4.69, 9.17) is 9.47 Å². The molecule has 120 valence electrons. The van der Waals surface area contributed by atoms with Gasteiger partial charge in [0.1, 0.15) is 0 Å². The van der Waals surface area contributed by atoms with Crippen molar-refractivity contribution in [3.8, 4) is 0 Å². The Morgan fingerprint density at radius 3 is 2.57 bits per heavy atom. The topological polar surface area (TPSA) is 30.5 Å². The van der Waals surface area contributed by atoms with Crippen molar-refractivity contribution >= 4 is 0 Å². The minimum absolute atomic E-state index is 0.155. The molecule has 6 aliphatic rings. The van der Waals surface area contributed by atoms with Gasteiger partial charge in [-0.2, -0.15) is 0 Å². The molecule has 9 atom stereocenters. The number of hydrogen-bond acceptors (Lipinski definition) is 3. The maximum atomic E-state index is 6.32. The normalized spacial score (nSPS) is 55.2. The first-order valence-corrected chi connectivity index (χ1v) is 9.45. The molecular weight excluding hydrogens is 286 g/mol. The third-order valence-electron chi connectivity index (χ3n) is 8.50. The first-order chi connectivity index (χ1) is 11.4. The average Bonchev–Trinajstić information content (AvgIpc) is 3.24. The SMILES string of the molecule is c1ccc(CNC2C3C4CC5C6C4C2C6C2(OCCO2)C53)cc1. The van der Waals surface area contributed by atoms with Crippen LogP contribution < -0.4 is 5.32 Å². The molecule has 5 saturated carbocycles. The van der Waals surface area contributed by atoms with E-state index in [0.717, 1.165) is 55.3 Å². The second-order valence-electron chi connectivity index (χ2n) is 8.73. The van der Waals surface area contributed by atoms with Crippen LogP contribution in [0.2, 0.25) is 0 Å². The standard InChI is InChI=1S/C20H23NO2/c1-2-4-10(5-3-1)9-21-19-15-11-8-12-14-13(11)16(19)18(14)20(17(12)15)22-6-7-23-20/h1-5,11-19,21H,6-9H2. The molecule has 0 aromatic heterocycles. The highest BCUT2D eigenvalue weighted by Gasteiger charge is 2.88. The molecule has 1 aromatic carbocycles. The number of benzene rings is 1. The number of nitrogens with one attached hydrogen (secondary N) is 1. The minimum Gasteiger partial charge on any atom is -0.347 e. The molecule has 1 saturated heterocycles. The number of hydrogen-bond donors (Lipinski definition) is 1. The van der Waals surface area contributed by atoms with Gasteiger partial charge in [-0.15, -0.1) is 0 Å². The van der Waals surface area contributed by atoms with Crippen molar-refractivity contribution in [1.82, 2.24) is 5.32 Å². The van der Waals surface area contributed by atoms with Crippen LogP contribution in [0, 0.1) is 47.3 Å². The molecule has 1 aliphatic heterocycles. The van der Waals surface area contributed by atoms with E-state index >= 15 is 0 Å². The van der Waals surface area contributed by atoms with Crippen LogP contribution in [0.25, 0.3) is 0 Å². The van der Waals surface area contributed by atoms with E-state index in [0.29, 0.717) is 17.9 Å². The van der Waals surface area contributed by atoms with Crippen LogP contribution >= 0.6 is 0 Å². The van der Waals surface area contributed by atoms with Crippen LogP contribution in [0.15, 0.2) is 30.3 Å². The Morgan fingerprint density at radius 2 is 1.74 bits per heavy atom. The first kappa shape index (κ1) is 12.5. The van der Waals surface area contributed by atoms with Crippen molar-refractivity contribution in [2.24, 2.45) is 47.3 Å². The molecule has 2 bridgehead atoms. The summed E-state index contributed by atoms with van der Waals surface area (Å²) in [6, 6.07) is 11.6. The Kier molecular flexibility index (Phi) is 2.08. The minimum atomic E-state index is -0.155. The zero-order chi connectivity index (χ0) is 14.8. The van der Waals surface area contributed by atoms with E-state index in [1.165, 1.54) is 12.0 Å². The van der Waals surface area contributed by atoms with Crippen molar-refractivity contribution in [2.75, 3.05) is 13.2 Å². The van der Waals surface area contributed by atoms with Crippen LogP contribution in [-0.2, 0) is 16.0 Å². The summed E-state index contributed by atoms with van der Waals surface area (Å²) in [5.41, 5.74) is 1.41. The summed E-state index contributed by atoms with van der Waals surface area (Å²) in [6.45, 7) is 2.66. The molecule has 0 radical (unpaired) electrons. The molecule has 1 N–H and O–H groups in total. The second-order valence-corrected chi connectivity index (χ2v) is 8.73. The smallest absolute Gasteiger partial charge is 0.175 e. The van der Waals surface area contributed by atoms with Crippen LogP contribution in [0.1, 0.15) is 12.0 Å². The lowest BCUT2D eigenvalue weighted by atomic mass is 9.57. The highest BCUT2D eigenvalue weighted by molar-refractivity contribution is 5.35. The van der Waals surface area contributed by atoms with Gasteiger partial charge in [-0.05, 0) is 47.5 Å². The van der Waals surface area contributed by atoms with Crippen LogP contribution in [0.4, 0.5) is 0 Å². The van der Waals surface area contributed by atoms with Gasteiger partial charge in [0.2, 0.25) is 0 Å². The quantitative estimate of drug-likeness (QED) is 0.929. The molecule has 23 heavy (non-hydrogen) atoms. The van der Waals surface area contributed by atoms with Gasteiger partial charge >= 0.3 is 0 Å². The van der Waals surface area contributed by atoms with E-state index < -0.39 is 0 Å². The molecule has 6 fully saturated rings.